The number of hydrogen-bond acceptors (Lipinski definition) is 5. The zero-order valence-corrected chi connectivity index (χ0v) is 23.0. The average molecular weight is 499 g/mol. The number of ether oxygens (including phenoxy) is 1. The Morgan fingerprint density at radius 3 is 2.49 bits per heavy atom. The van der Waals surface area contributed by atoms with Crippen molar-refractivity contribution >= 4 is 5.82 Å². The van der Waals surface area contributed by atoms with Crippen molar-refractivity contribution in [2.24, 2.45) is 0 Å². The molecule has 2 aliphatic rings. The fourth-order valence-corrected chi connectivity index (χ4v) is 6.13. The lowest BCUT2D eigenvalue weighted by Crippen LogP contribution is -2.29. The van der Waals surface area contributed by atoms with Crippen molar-refractivity contribution in [1.29, 1.82) is 0 Å². The Labute approximate surface area is 222 Å². The van der Waals surface area contributed by atoms with E-state index in [4.69, 9.17) is 14.7 Å². The molecule has 2 heterocycles. The van der Waals surface area contributed by atoms with Gasteiger partial charge in [-0.25, -0.2) is 9.97 Å². The molecule has 0 saturated carbocycles. The first-order valence-corrected chi connectivity index (χ1v) is 14.2. The Bertz CT molecular complexity index is 1200. The minimum atomic E-state index is 0.253. The maximum Gasteiger partial charge on any atom is 0.162 e. The fourth-order valence-electron chi connectivity index (χ4n) is 6.13. The molecule has 0 bridgehead atoms. The molecule has 5 nitrogen and oxygen atoms in total. The van der Waals surface area contributed by atoms with Gasteiger partial charge in [-0.1, -0.05) is 56.3 Å². The zero-order chi connectivity index (χ0) is 25.8. The predicted octanol–water partition coefficient (Wildman–Crippen LogP) is 6.68. The topological polar surface area (TPSA) is 50.3 Å². The zero-order valence-electron chi connectivity index (χ0n) is 23.0. The maximum absolute atomic E-state index is 5.93. The van der Waals surface area contributed by atoms with Gasteiger partial charge in [0.25, 0.3) is 0 Å². The molecule has 1 fully saturated rings. The Kier molecular flexibility index (Phi) is 8.21. The monoisotopic (exact) mass is 498 g/mol. The molecule has 2 aromatic carbocycles. The first-order chi connectivity index (χ1) is 18.1. The van der Waals surface area contributed by atoms with Gasteiger partial charge in [0, 0.05) is 42.6 Å². The molecule has 0 amide bonds. The van der Waals surface area contributed by atoms with Crippen LogP contribution >= 0.6 is 0 Å². The number of aromatic nitrogens is 2. The molecule has 5 rings (SSSR count). The fraction of sp³-hybridized carbons (Fsp3) is 0.500. The second-order valence-electron chi connectivity index (χ2n) is 10.7. The molecule has 0 spiro atoms. The Hall–Kier alpha value is -2.76. The summed E-state index contributed by atoms with van der Waals surface area (Å²) in [7, 11) is 2.26. The van der Waals surface area contributed by atoms with Crippen LogP contribution in [0.3, 0.4) is 0 Å². The number of anilines is 1. The highest BCUT2D eigenvalue weighted by Crippen LogP contribution is 2.36. The van der Waals surface area contributed by atoms with E-state index in [1.54, 1.807) is 0 Å². The summed E-state index contributed by atoms with van der Waals surface area (Å²) in [6.07, 6.45) is 8.04. The molecule has 196 valence electrons. The summed E-state index contributed by atoms with van der Waals surface area (Å²) < 4.78 is 5.93. The predicted molar refractivity (Wildman–Crippen MR) is 152 cm³/mol. The number of rotatable bonds is 9. The van der Waals surface area contributed by atoms with Crippen LogP contribution in [0.25, 0.3) is 11.4 Å². The van der Waals surface area contributed by atoms with E-state index in [0.717, 1.165) is 62.7 Å². The summed E-state index contributed by atoms with van der Waals surface area (Å²) in [6.45, 7) is 9.05. The van der Waals surface area contributed by atoms with Crippen molar-refractivity contribution in [3.8, 4) is 11.4 Å². The van der Waals surface area contributed by atoms with Crippen LogP contribution in [-0.2, 0) is 30.5 Å². The SMILES string of the molecule is CCc1cccc(CC)c1-c1nc(C)c(CN(C)[C@H]2CCCc3ccccc32)c(NC[C@H]2CCCO2)n1. The summed E-state index contributed by atoms with van der Waals surface area (Å²) >= 11 is 0. The smallest absolute Gasteiger partial charge is 0.162 e. The molecule has 1 saturated heterocycles. The van der Waals surface area contributed by atoms with Gasteiger partial charge < -0.3 is 10.1 Å². The highest BCUT2D eigenvalue weighted by Gasteiger charge is 2.26. The third-order valence-electron chi connectivity index (χ3n) is 8.23. The molecular weight excluding hydrogens is 456 g/mol. The van der Waals surface area contributed by atoms with Gasteiger partial charge in [0.05, 0.1) is 6.10 Å². The van der Waals surface area contributed by atoms with Crippen molar-refractivity contribution < 1.29 is 4.74 Å². The normalized spacial score (nSPS) is 19.3. The van der Waals surface area contributed by atoms with Gasteiger partial charge in [-0.05, 0) is 81.2 Å². The second-order valence-corrected chi connectivity index (χ2v) is 10.7. The summed E-state index contributed by atoms with van der Waals surface area (Å²) in [5, 5.41) is 3.71. The summed E-state index contributed by atoms with van der Waals surface area (Å²) in [5.74, 6) is 1.80. The molecule has 0 unspecified atom stereocenters. The van der Waals surface area contributed by atoms with Crippen LogP contribution in [0.2, 0.25) is 0 Å². The largest absolute Gasteiger partial charge is 0.376 e. The minimum absolute atomic E-state index is 0.253. The van der Waals surface area contributed by atoms with Crippen molar-refractivity contribution in [3.63, 3.8) is 0 Å². The Morgan fingerprint density at radius 2 is 1.76 bits per heavy atom. The van der Waals surface area contributed by atoms with E-state index in [2.05, 4.69) is 80.5 Å². The van der Waals surface area contributed by atoms with Gasteiger partial charge in [-0.3, -0.25) is 4.90 Å². The Balaban J connectivity index is 1.50. The molecule has 1 aliphatic carbocycles. The minimum Gasteiger partial charge on any atom is -0.376 e. The molecule has 1 aliphatic heterocycles. The second kappa shape index (κ2) is 11.7. The lowest BCUT2D eigenvalue weighted by molar-refractivity contribution is 0.120. The molecule has 2 atom stereocenters. The number of fused-ring (bicyclic) bond motifs is 1. The third-order valence-corrected chi connectivity index (χ3v) is 8.23. The van der Waals surface area contributed by atoms with Crippen LogP contribution in [0.5, 0.6) is 0 Å². The lowest BCUT2D eigenvalue weighted by atomic mass is 9.87. The standard InChI is InChI=1S/C32H42N4O/c1-5-23-13-9-14-24(6-2)30(23)32-34-22(3)28(31(35-32)33-20-26-16-11-19-37-26)21-36(4)29-18-10-15-25-12-7-8-17-27(25)29/h7-9,12-14,17,26,29H,5-6,10-11,15-16,18-21H2,1-4H3,(H,33,34,35)/t26-,29+/m1/s1. The lowest BCUT2D eigenvalue weighted by Gasteiger charge is -2.34. The molecule has 0 radical (unpaired) electrons. The molecule has 3 aromatic rings. The van der Waals surface area contributed by atoms with Crippen LogP contribution in [0.1, 0.15) is 79.1 Å². The van der Waals surface area contributed by atoms with Gasteiger partial charge in [0.1, 0.15) is 5.82 Å². The van der Waals surface area contributed by atoms with E-state index >= 15 is 0 Å². The molecule has 5 heteroatoms. The number of aryl methyl sites for hydroxylation is 4. The number of hydrogen-bond donors (Lipinski definition) is 1. The van der Waals surface area contributed by atoms with Gasteiger partial charge >= 0.3 is 0 Å². The van der Waals surface area contributed by atoms with Gasteiger partial charge in [-0.15, -0.1) is 0 Å². The summed E-state index contributed by atoms with van der Waals surface area (Å²) in [4.78, 5) is 12.9. The number of nitrogens with zero attached hydrogens (tertiary/aromatic N) is 3. The van der Waals surface area contributed by atoms with Gasteiger partial charge in [-0.2, -0.15) is 0 Å². The van der Waals surface area contributed by atoms with Crippen molar-refractivity contribution in [1.82, 2.24) is 14.9 Å². The average Bonchev–Trinajstić information content (AvgIpc) is 3.46. The van der Waals surface area contributed by atoms with Crippen LogP contribution in [-0.4, -0.2) is 41.2 Å². The van der Waals surface area contributed by atoms with Gasteiger partial charge in [0.15, 0.2) is 5.82 Å². The van der Waals surface area contributed by atoms with E-state index in [1.165, 1.54) is 52.6 Å². The first-order valence-electron chi connectivity index (χ1n) is 14.2. The van der Waals surface area contributed by atoms with E-state index in [-0.39, 0.29) is 6.10 Å². The van der Waals surface area contributed by atoms with E-state index in [9.17, 15) is 0 Å². The molecule has 1 aromatic heterocycles. The number of nitrogens with one attached hydrogen (secondary N) is 1. The molecule has 37 heavy (non-hydrogen) atoms. The van der Waals surface area contributed by atoms with Crippen LogP contribution in [0.4, 0.5) is 5.82 Å². The molecule has 1 N–H and O–H groups in total. The van der Waals surface area contributed by atoms with E-state index in [1.807, 2.05) is 0 Å². The third kappa shape index (κ3) is 5.58. The van der Waals surface area contributed by atoms with Crippen LogP contribution in [0, 0.1) is 6.92 Å². The van der Waals surface area contributed by atoms with Crippen molar-refractivity contribution in [3.05, 3.63) is 76.0 Å². The number of benzene rings is 2. The maximum atomic E-state index is 5.93. The highest BCUT2D eigenvalue weighted by molar-refractivity contribution is 5.67. The van der Waals surface area contributed by atoms with Crippen LogP contribution in [0.15, 0.2) is 42.5 Å². The first kappa shape index (κ1) is 25.9. The van der Waals surface area contributed by atoms with Crippen molar-refractivity contribution in [2.45, 2.75) is 84.4 Å². The Morgan fingerprint density at radius 1 is 0.973 bits per heavy atom. The highest BCUT2D eigenvalue weighted by atomic mass is 16.5. The quantitative estimate of drug-likeness (QED) is 0.357. The van der Waals surface area contributed by atoms with Crippen LogP contribution < -0.4 is 5.32 Å². The summed E-state index contributed by atoms with van der Waals surface area (Å²) in [6, 6.07) is 16.0. The van der Waals surface area contributed by atoms with E-state index in [0.29, 0.717) is 6.04 Å². The van der Waals surface area contributed by atoms with Crippen molar-refractivity contribution in [2.75, 3.05) is 25.5 Å². The van der Waals surface area contributed by atoms with Gasteiger partial charge in [0.2, 0.25) is 0 Å². The molecular formula is C32H42N4O. The van der Waals surface area contributed by atoms with E-state index < -0.39 is 0 Å². The summed E-state index contributed by atoms with van der Waals surface area (Å²) in [5.41, 5.74) is 9.05.